The van der Waals surface area contributed by atoms with Gasteiger partial charge in [0, 0.05) is 45.6 Å². The standard InChI is InChI=1S/C41H52O10S2/c1-21(2)11-13-49-33-17-28(37(45)41(48-3)39(33)47)40-38(46)30-20-52-53-24-6-4-5-22(15-24)7-9-25-27-16-23(44)8-10-26(27)34-31(50-14-12-42)18-32(51-40)35(30)36(34)29(25)19-43/h8,10,16-18,21-22,24-25,29-30,38,40,42-47H,4-7,9,11-15,19-20H2,1-3H3. The van der Waals surface area contributed by atoms with Crippen molar-refractivity contribution in [1.82, 2.24) is 0 Å². The van der Waals surface area contributed by atoms with Gasteiger partial charge in [-0.3, -0.25) is 0 Å². The fourth-order valence-electron chi connectivity index (χ4n) is 8.95. The maximum atomic E-state index is 12.5. The highest BCUT2D eigenvalue weighted by Crippen LogP contribution is 2.61. The summed E-state index contributed by atoms with van der Waals surface area (Å²) < 4.78 is 24.5. The van der Waals surface area contributed by atoms with Gasteiger partial charge in [-0.2, -0.15) is 0 Å². The Kier molecular flexibility index (Phi) is 11.7. The molecule has 7 atom stereocenters. The molecule has 10 nitrogen and oxygen atoms in total. The summed E-state index contributed by atoms with van der Waals surface area (Å²) in [7, 11) is 4.98. The van der Waals surface area contributed by atoms with Crippen molar-refractivity contribution >= 4 is 21.6 Å². The van der Waals surface area contributed by atoms with Crippen LogP contribution in [0.15, 0.2) is 30.3 Å². The number of aliphatic hydroxyl groups excluding tert-OH is 3. The van der Waals surface area contributed by atoms with E-state index < -0.39 is 18.1 Å². The van der Waals surface area contributed by atoms with Gasteiger partial charge in [0.2, 0.25) is 11.5 Å². The summed E-state index contributed by atoms with van der Waals surface area (Å²) in [6, 6.07) is 8.70. The number of aliphatic hydroxyl groups is 3. The first-order chi connectivity index (χ1) is 25.6. The number of phenolic OH excluding ortho intramolecular Hbond substituents is 3. The first-order valence-electron chi connectivity index (χ1n) is 18.9. The highest BCUT2D eigenvalue weighted by atomic mass is 33.1. The van der Waals surface area contributed by atoms with Gasteiger partial charge in [-0.15, -0.1) is 0 Å². The molecule has 3 aromatic rings. The third-order valence-corrected chi connectivity index (χ3v) is 14.5. The zero-order valence-electron chi connectivity index (χ0n) is 30.6. The van der Waals surface area contributed by atoms with Crippen molar-refractivity contribution in [1.29, 1.82) is 0 Å². The predicted octanol–water partition coefficient (Wildman–Crippen LogP) is 7.76. The lowest BCUT2D eigenvalue weighted by Crippen LogP contribution is -2.38. The molecule has 0 amide bonds. The van der Waals surface area contributed by atoms with Gasteiger partial charge in [0.05, 0.1) is 26.9 Å². The lowest BCUT2D eigenvalue weighted by molar-refractivity contribution is 0.00260. The number of benzene rings is 3. The van der Waals surface area contributed by atoms with Gasteiger partial charge in [0.1, 0.15) is 30.0 Å². The molecule has 12 heteroatoms. The summed E-state index contributed by atoms with van der Waals surface area (Å²) in [6.07, 6.45) is 4.92. The third kappa shape index (κ3) is 7.34. The molecule has 288 valence electrons. The van der Waals surface area contributed by atoms with Crippen molar-refractivity contribution in [2.75, 3.05) is 39.3 Å². The van der Waals surface area contributed by atoms with E-state index in [1.807, 2.05) is 22.9 Å². The minimum atomic E-state index is -1.16. The van der Waals surface area contributed by atoms with Gasteiger partial charge < -0.3 is 49.6 Å². The second-order valence-electron chi connectivity index (χ2n) is 15.3. The number of fused-ring (bicyclic) bond motifs is 6. The Hall–Kier alpha value is -3.16. The number of rotatable bonds is 10. The monoisotopic (exact) mass is 768 g/mol. The van der Waals surface area contributed by atoms with E-state index >= 15 is 0 Å². The average molecular weight is 769 g/mol. The Labute approximate surface area is 319 Å². The molecule has 53 heavy (non-hydrogen) atoms. The number of hydrogen-bond donors (Lipinski definition) is 6. The van der Waals surface area contributed by atoms with Crippen LogP contribution in [-0.2, 0) is 0 Å². The Morgan fingerprint density at radius 2 is 1.70 bits per heavy atom. The largest absolute Gasteiger partial charge is 0.508 e. The van der Waals surface area contributed by atoms with Crippen molar-refractivity contribution in [3.8, 4) is 51.4 Å². The molecule has 2 aliphatic heterocycles. The summed E-state index contributed by atoms with van der Waals surface area (Å²) in [5.41, 5.74) is 4.46. The van der Waals surface area contributed by atoms with E-state index in [1.165, 1.54) is 26.0 Å². The smallest absolute Gasteiger partial charge is 0.207 e. The second-order valence-corrected chi connectivity index (χ2v) is 18.0. The van der Waals surface area contributed by atoms with E-state index in [-0.39, 0.29) is 66.0 Å². The number of ether oxygens (including phenoxy) is 4. The summed E-state index contributed by atoms with van der Waals surface area (Å²) in [4.78, 5) is 0. The van der Waals surface area contributed by atoms with Crippen molar-refractivity contribution < 1.29 is 49.6 Å². The third-order valence-electron chi connectivity index (χ3n) is 11.5. The van der Waals surface area contributed by atoms with Gasteiger partial charge in [0.15, 0.2) is 17.6 Å². The van der Waals surface area contributed by atoms with Gasteiger partial charge in [-0.05, 0) is 84.7 Å². The molecular weight excluding hydrogens is 717 g/mol. The summed E-state index contributed by atoms with van der Waals surface area (Å²) in [5, 5.41) is 67.6. The van der Waals surface area contributed by atoms with Crippen LogP contribution in [0.5, 0.6) is 40.2 Å². The van der Waals surface area contributed by atoms with Crippen LogP contribution in [0.2, 0.25) is 0 Å². The van der Waals surface area contributed by atoms with Gasteiger partial charge in [0.25, 0.3) is 0 Å². The molecule has 0 spiro atoms. The van der Waals surface area contributed by atoms with Crippen LogP contribution in [0.4, 0.5) is 0 Å². The first kappa shape index (κ1) is 38.1. The SMILES string of the molecule is COc1c(O)c(OCCC(C)C)cc(C2Oc3cc(OCCO)c4c5c3C(CSSC3CCCC(CCC(c6cc(O)ccc6-4)C5CO)C3)C2O)c1O. The van der Waals surface area contributed by atoms with Crippen LogP contribution in [0.1, 0.15) is 105 Å². The molecule has 6 N–H and O–H groups in total. The van der Waals surface area contributed by atoms with Crippen LogP contribution in [0.3, 0.4) is 0 Å². The van der Waals surface area contributed by atoms with E-state index in [9.17, 15) is 30.6 Å². The number of aromatic hydroxyl groups is 3. The van der Waals surface area contributed by atoms with Crippen LogP contribution in [-0.4, -0.2) is 81.3 Å². The Morgan fingerprint density at radius 3 is 2.45 bits per heavy atom. The van der Waals surface area contributed by atoms with E-state index in [0.717, 1.165) is 59.9 Å². The molecule has 1 fully saturated rings. The first-order valence-corrected chi connectivity index (χ1v) is 21.3. The zero-order chi connectivity index (χ0) is 37.4. The number of hydrogen-bond acceptors (Lipinski definition) is 12. The van der Waals surface area contributed by atoms with Crippen LogP contribution >= 0.6 is 21.6 Å². The van der Waals surface area contributed by atoms with Gasteiger partial charge in [-0.25, -0.2) is 0 Å². The Bertz CT molecular complexity index is 1780. The summed E-state index contributed by atoms with van der Waals surface area (Å²) in [5.74, 6) is 0.773. The van der Waals surface area contributed by atoms with Crippen LogP contribution in [0, 0.1) is 11.8 Å². The van der Waals surface area contributed by atoms with Crippen molar-refractivity contribution in [3.63, 3.8) is 0 Å². The van der Waals surface area contributed by atoms with E-state index in [0.29, 0.717) is 40.9 Å². The molecule has 2 heterocycles. The quantitative estimate of drug-likeness (QED) is 0.112. The average Bonchev–Trinajstić information content (AvgIpc) is 3.14. The molecule has 0 saturated heterocycles. The second kappa shape index (κ2) is 16.3. The number of phenols is 3. The molecule has 7 rings (SSSR count). The molecule has 2 aliphatic carbocycles. The van der Waals surface area contributed by atoms with E-state index in [1.54, 1.807) is 22.9 Å². The molecule has 7 unspecified atom stereocenters. The molecule has 4 aliphatic rings. The molecular formula is C41H52O10S2. The Balaban J connectivity index is 1.43. The van der Waals surface area contributed by atoms with Crippen molar-refractivity contribution in [3.05, 3.63) is 52.6 Å². The fourth-order valence-corrected chi connectivity index (χ4v) is 12.1. The topological polar surface area (TPSA) is 158 Å². The molecule has 0 radical (unpaired) electrons. The lowest BCUT2D eigenvalue weighted by atomic mass is 9.65. The maximum absolute atomic E-state index is 12.5. The Morgan fingerprint density at radius 1 is 0.887 bits per heavy atom. The van der Waals surface area contributed by atoms with Crippen LogP contribution in [0.25, 0.3) is 11.1 Å². The van der Waals surface area contributed by atoms with E-state index in [2.05, 4.69) is 13.8 Å². The van der Waals surface area contributed by atoms with Crippen LogP contribution < -0.4 is 18.9 Å². The maximum Gasteiger partial charge on any atom is 0.207 e. The normalized spacial score (nSPS) is 26.4. The number of methoxy groups -OCH3 is 1. The minimum Gasteiger partial charge on any atom is -0.508 e. The van der Waals surface area contributed by atoms with Gasteiger partial charge in [-0.1, -0.05) is 54.3 Å². The minimum absolute atomic E-state index is 0.0178. The summed E-state index contributed by atoms with van der Waals surface area (Å²) in [6.45, 7) is 4.11. The molecule has 1 saturated carbocycles. The van der Waals surface area contributed by atoms with E-state index in [4.69, 9.17) is 18.9 Å². The highest BCUT2D eigenvalue weighted by molar-refractivity contribution is 8.76. The van der Waals surface area contributed by atoms with Crippen molar-refractivity contribution in [2.24, 2.45) is 11.8 Å². The van der Waals surface area contributed by atoms with Crippen molar-refractivity contribution in [2.45, 2.75) is 94.0 Å². The zero-order valence-corrected chi connectivity index (χ0v) is 32.3. The highest BCUT2D eigenvalue weighted by Gasteiger charge is 2.47. The molecule has 3 aromatic carbocycles. The lowest BCUT2D eigenvalue weighted by Gasteiger charge is -2.43. The summed E-state index contributed by atoms with van der Waals surface area (Å²) >= 11 is 0. The predicted molar refractivity (Wildman–Crippen MR) is 207 cm³/mol. The fraction of sp³-hybridized carbons (Fsp3) is 0.561. The molecule has 4 bridgehead atoms. The molecule has 0 aromatic heterocycles. The van der Waals surface area contributed by atoms with Gasteiger partial charge >= 0.3 is 0 Å².